The molecule has 0 saturated carbocycles. The zero-order chi connectivity index (χ0) is 13.0. The molecule has 0 unspecified atom stereocenters. The van der Waals surface area contributed by atoms with Crippen LogP contribution in [0.1, 0.15) is 10.6 Å². The van der Waals surface area contributed by atoms with E-state index in [9.17, 15) is 4.79 Å². The number of anilines is 1. The molecule has 1 aromatic heterocycles. The third kappa shape index (κ3) is 3.04. The Bertz CT molecular complexity index is 554. The van der Waals surface area contributed by atoms with Gasteiger partial charge in [0.15, 0.2) is 0 Å². The Morgan fingerprint density at radius 3 is 2.83 bits per heavy atom. The number of nitrogens with zero attached hydrogens (tertiary/aromatic N) is 2. The molecule has 2 aromatic rings. The van der Waals surface area contributed by atoms with Crippen LogP contribution in [0.2, 0.25) is 0 Å². The maximum Gasteiger partial charge on any atom is 0.230 e. The summed E-state index contributed by atoms with van der Waals surface area (Å²) in [6, 6.07) is 7.44. The van der Waals surface area contributed by atoms with Crippen LogP contribution in [0.4, 0.5) is 5.13 Å². The number of para-hydroxylation sites is 1. The van der Waals surface area contributed by atoms with Crippen LogP contribution in [-0.4, -0.2) is 23.2 Å². The zero-order valence-electron chi connectivity index (χ0n) is 10.1. The fourth-order valence-electron chi connectivity index (χ4n) is 1.53. The Labute approximate surface area is 109 Å². The van der Waals surface area contributed by atoms with Gasteiger partial charge in [0.05, 0.1) is 13.5 Å². The Morgan fingerprint density at radius 2 is 2.17 bits per heavy atom. The van der Waals surface area contributed by atoms with Gasteiger partial charge in [0.2, 0.25) is 11.0 Å². The molecule has 0 radical (unpaired) electrons. The molecular formula is C12H13N3O2S. The second-order valence-electron chi connectivity index (χ2n) is 3.66. The molecule has 0 aliphatic heterocycles. The molecule has 0 atom stereocenters. The maximum atomic E-state index is 11.8. The summed E-state index contributed by atoms with van der Waals surface area (Å²) < 4.78 is 5.20. The highest BCUT2D eigenvalue weighted by Crippen LogP contribution is 2.19. The summed E-state index contributed by atoms with van der Waals surface area (Å²) in [4.78, 5) is 11.8. The minimum atomic E-state index is -0.129. The van der Waals surface area contributed by atoms with Crippen LogP contribution in [0.3, 0.4) is 0 Å². The first-order valence-electron chi connectivity index (χ1n) is 5.41. The fraction of sp³-hybridized carbons (Fsp3) is 0.250. The van der Waals surface area contributed by atoms with E-state index in [2.05, 4.69) is 15.5 Å². The molecule has 1 aromatic carbocycles. The van der Waals surface area contributed by atoms with Crippen LogP contribution in [0.25, 0.3) is 0 Å². The van der Waals surface area contributed by atoms with Crippen LogP contribution in [0, 0.1) is 6.92 Å². The van der Waals surface area contributed by atoms with E-state index in [0.717, 1.165) is 10.6 Å². The van der Waals surface area contributed by atoms with E-state index in [0.29, 0.717) is 10.9 Å². The molecular weight excluding hydrogens is 250 g/mol. The summed E-state index contributed by atoms with van der Waals surface area (Å²) >= 11 is 1.35. The maximum absolute atomic E-state index is 11.8. The van der Waals surface area contributed by atoms with Crippen molar-refractivity contribution in [3.63, 3.8) is 0 Å². The van der Waals surface area contributed by atoms with E-state index in [4.69, 9.17) is 4.74 Å². The number of hydrogen-bond acceptors (Lipinski definition) is 5. The molecule has 0 saturated heterocycles. The van der Waals surface area contributed by atoms with Gasteiger partial charge in [-0.1, -0.05) is 29.5 Å². The van der Waals surface area contributed by atoms with Gasteiger partial charge >= 0.3 is 0 Å². The topological polar surface area (TPSA) is 64.1 Å². The van der Waals surface area contributed by atoms with E-state index in [-0.39, 0.29) is 12.3 Å². The number of aromatic nitrogens is 2. The molecule has 5 nitrogen and oxygen atoms in total. The normalized spacial score (nSPS) is 10.1. The predicted octanol–water partition coefficient (Wildman–Crippen LogP) is 2.04. The number of carbonyl (C=O) groups excluding carboxylic acids is 1. The van der Waals surface area contributed by atoms with Crippen molar-refractivity contribution in [2.75, 3.05) is 12.4 Å². The number of methoxy groups -OCH3 is 1. The van der Waals surface area contributed by atoms with Gasteiger partial charge in [0, 0.05) is 5.56 Å². The molecule has 6 heteroatoms. The van der Waals surface area contributed by atoms with Crippen molar-refractivity contribution in [2.24, 2.45) is 0 Å². The minimum absolute atomic E-state index is 0.129. The lowest BCUT2D eigenvalue weighted by atomic mass is 10.1. The van der Waals surface area contributed by atoms with Gasteiger partial charge < -0.3 is 10.1 Å². The van der Waals surface area contributed by atoms with Crippen molar-refractivity contribution in [3.8, 4) is 5.75 Å². The molecule has 1 heterocycles. The Kier molecular flexibility index (Phi) is 3.88. The van der Waals surface area contributed by atoms with Gasteiger partial charge in [0.1, 0.15) is 10.8 Å². The smallest absolute Gasteiger partial charge is 0.230 e. The van der Waals surface area contributed by atoms with E-state index >= 15 is 0 Å². The minimum Gasteiger partial charge on any atom is -0.496 e. The van der Waals surface area contributed by atoms with Crippen LogP contribution in [0.15, 0.2) is 24.3 Å². The molecule has 0 aliphatic rings. The molecule has 0 aliphatic carbocycles. The van der Waals surface area contributed by atoms with Crippen LogP contribution < -0.4 is 10.1 Å². The van der Waals surface area contributed by atoms with Gasteiger partial charge in [0.25, 0.3) is 0 Å². The molecule has 1 N–H and O–H groups in total. The van der Waals surface area contributed by atoms with Gasteiger partial charge in [-0.25, -0.2) is 0 Å². The second-order valence-corrected chi connectivity index (χ2v) is 4.84. The SMILES string of the molecule is COc1ccccc1CC(=O)Nc1nnc(C)s1. The molecule has 2 rings (SSSR count). The van der Waals surface area contributed by atoms with Crippen molar-refractivity contribution in [1.82, 2.24) is 10.2 Å². The van der Waals surface area contributed by atoms with Crippen molar-refractivity contribution in [1.29, 1.82) is 0 Å². The van der Waals surface area contributed by atoms with Crippen molar-refractivity contribution in [3.05, 3.63) is 34.8 Å². The molecule has 18 heavy (non-hydrogen) atoms. The monoisotopic (exact) mass is 263 g/mol. The number of hydrogen-bond donors (Lipinski definition) is 1. The lowest BCUT2D eigenvalue weighted by Gasteiger charge is -2.07. The fourth-order valence-corrected chi connectivity index (χ4v) is 2.14. The largest absolute Gasteiger partial charge is 0.496 e. The summed E-state index contributed by atoms with van der Waals surface area (Å²) in [5.74, 6) is 0.580. The lowest BCUT2D eigenvalue weighted by molar-refractivity contribution is -0.115. The van der Waals surface area contributed by atoms with E-state index < -0.39 is 0 Å². The second kappa shape index (κ2) is 5.59. The summed E-state index contributed by atoms with van der Waals surface area (Å²) in [5, 5.41) is 11.7. The van der Waals surface area contributed by atoms with Gasteiger partial charge in [-0.2, -0.15) is 0 Å². The Balaban J connectivity index is 2.03. The molecule has 0 fully saturated rings. The Morgan fingerprint density at radius 1 is 1.39 bits per heavy atom. The van der Waals surface area contributed by atoms with Crippen molar-refractivity contribution in [2.45, 2.75) is 13.3 Å². The van der Waals surface area contributed by atoms with Gasteiger partial charge in [-0.05, 0) is 13.0 Å². The molecule has 0 bridgehead atoms. The molecule has 94 valence electrons. The predicted molar refractivity (Wildman–Crippen MR) is 70.0 cm³/mol. The van der Waals surface area contributed by atoms with E-state index in [1.54, 1.807) is 7.11 Å². The van der Waals surface area contributed by atoms with Crippen LogP contribution >= 0.6 is 11.3 Å². The van der Waals surface area contributed by atoms with Crippen molar-refractivity contribution < 1.29 is 9.53 Å². The Hall–Kier alpha value is -1.95. The highest BCUT2D eigenvalue weighted by Gasteiger charge is 2.10. The number of aryl methyl sites for hydroxylation is 1. The molecule has 1 amide bonds. The third-order valence-electron chi connectivity index (χ3n) is 2.32. The van der Waals surface area contributed by atoms with Crippen LogP contribution in [0.5, 0.6) is 5.75 Å². The number of carbonyl (C=O) groups is 1. The average molecular weight is 263 g/mol. The number of rotatable bonds is 4. The summed E-state index contributed by atoms with van der Waals surface area (Å²) in [6.45, 7) is 1.84. The van der Waals surface area contributed by atoms with Crippen molar-refractivity contribution >= 4 is 22.4 Å². The van der Waals surface area contributed by atoms with E-state index in [1.165, 1.54) is 11.3 Å². The van der Waals surface area contributed by atoms with E-state index in [1.807, 2.05) is 31.2 Å². The molecule has 0 spiro atoms. The summed E-state index contributed by atoms with van der Waals surface area (Å²) in [6.07, 6.45) is 0.253. The average Bonchev–Trinajstić information content (AvgIpc) is 2.75. The zero-order valence-corrected chi connectivity index (χ0v) is 11.0. The highest BCUT2D eigenvalue weighted by atomic mass is 32.1. The first-order valence-corrected chi connectivity index (χ1v) is 6.22. The summed E-state index contributed by atoms with van der Waals surface area (Å²) in [5.41, 5.74) is 0.846. The third-order valence-corrected chi connectivity index (χ3v) is 3.07. The first-order chi connectivity index (χ1) is 8.69. The number of amides is 1. The quantitative estimate of drug-likeness (QED) is 0.916. The number of nitrogens with one attached hydrogen (secondary N) is 1. The number of ether oxygens (including phenoxy) is 1. The van der Waals surface area contributed by atoms with Gasteiger partial charge in [-0.15, -0.1) is 10.2 Å². The van der Waals surface area contributed by atoms with Crippen LogP contribution in [-0.2, 0) is 11.2 Å². The standard InChI is InChI=1S/C12H13N3O2S/c1-8-14-15-12(18-8)13-11(16)7-9-5-3-4-6-10(9)17-2/h3-6H,7H2,1-2H3,(H,13,15,16). The highest BCUT2D eigenvalue weighted by molar-refractivity contribution is 7.15. The number of benzene rings is 1. The van der Waals surface area contributed by atoms with Gasteiger partial charge in [-0.3, -0.25) is 4.79 Å². The lowest BCUT2D eigenvalue weighted by Crippen LogP contribution is -2.14. The first kappa shape index (κ1) is 12.5. The summed E-state index contributed by atoms with van der Waals surface area (Å²) in [7, 11) is 1.59.